The van der Waals surface area contributed by atoms with E-state index in [9.17, 15) is 9.90 Å². The van der Waals surface area contributed by atoms with Crippen molar-refractivity contribution in [3.63, 3.8) is 0 Å². The summed E-state index contributed by atoms with van der Waals surface area (Å²) in [5, 5.41) is 12.9. The van der Waals surface area contributed by atoms with Gasteiger partial charge in [-0.15, -0.1) is 0 Å². The molecule has 1 atom stereocenters. The van der Waals surface area contributed by atoms with Crippen LogP contribution in [0.5, 0.6) is 0 Å². The molecule has 0 aliphatic heterocycles. The summed E-state index contributed by atoms with van der Waals surface area (Å²) in [4.78, 5) is 11.1. The van der Waals surface area contributed by atoms with Gasteiger partial charge in [-0.3, -0.25) is 4.79 Å². The van der Waals surface area contributed by atoms with Crippen molar-refractivity contribution in [1.82, 2.24) is 5.32 Å². The van der Waals surface area contributed by atoms with E-state index in [0.717, 1.165) is 32.2 Å². The van der Waals surface area contributed by atoms with Crippen LogP contribution in [-0.4, -0.2) is 36.9 Å². The molecule has 0 aromatic carbocycles. The zero-order chi connectivity index (χ0) is 13.8. The maximum Gasteiger partial charge on any atom is 0.305 e. The van der Waals surface area contributed by atoms with Crippen molar-refractivity contribution < 1.29 is 14.6 Å². The minimum atomic E-state index is -0.246. The molecule has 0 heterocycles. The topological polar surface area (TPSA) is 58.6 Å². The molecule has 0 aliphatic carbocycles. The lowest BCUT2D eigenvalue weighted by molar-refractivity contribution is -0.143. The molecule has 0 aliphatic rings. The van der Waals surface area contributed by atoms with Crippen LogP contribution in [0, 0.1) is 5.92 Å². The van der Waals surface area contributed by atoms with E-state index in [1.54, 1.807) is 0 Å². The highest BCUT2D eigenvalue weighted by atomic mass is 16.5. The molecule has 0 amide bonds. The Bertz CT molecular complexity index is 207. The fourth-order valence-corrected chi connectivity index (χ4v) is 1.83. The molecular weight excluding hydrogens is 230 g/mol. The van der Waals surface area contributed by atoms with Gasteiger partial charge in [-0.2, -0.15) is 0 Å². The number of aliphatic hydroxyl groups is 1. The Balaban J connectivity index is 3.23. The third-order valence-corrected chi connectivity index (χ3v) is 2.66. The molecule has 18 heavy (non-hydrogen) atoms. The lowest BCUT2D eigenvalue weighted by atomic mass is 10.1. The van der Waals surface area contributed by atoms with E-state index < -0.39 is 0 Å². The molecule has 0 aromatic heterocycles. The van der Waals surface area contributed by atoms with Gasteiger partial charge in [0.2, 0.25) is 0 Å². The monoisotopic (exact) mass is 259 g/mol. The number of carbonyl (C=O) groups is 1. The average molecular weight is 259 g/mol. The lowest BCUT2D eigenvalue weighted by Gasteiger charge is -2.13. The minimum Gasteiger partial charge on any atom is -0.466 e. The Kier molecular flexibility index (Phi) is 11.1. The van der Waals surface area contributed by atoms with Gasteiger partial charge < -0.3 is 15.2 Å². The number of esters is 1. The fraction of sp³-hybridized carbons (Fsp3) is 0.929. The first kappa shape index (κ1) is 17.4. The first-order chi connectivity index (χ1) is 8.56. The fourth-order valence-electron chi connectivity index (χ4n) is 1.83. The van der Waals surface area contributed by atoms with Crippen LogP contribution in [0.2, 0.25) is 0 Å². The molecule has 108 valence electrons. The summed E-state index contributed by atoms with van der Waals surface area (Å²) in [7, 11) is 0. The quantitative estimate of drug-likeness (QED) is 0.441. The summed E-state index contributed by atoms with van der Waals surface area (Å²) >= 11 is 0. The first-order valence-corrected chi connectivity index (χ1v) is 7.10. The van der Waals surface area contributed by atoms with E-state index >= 15 is 0 Å². The summed E-state index contributed by atoms with van der Waals surface area (Å²) in [5.41, 5.74) is 0. The van der Waals surface area contributed by atoms with Crippen LogP contribution in [0.15, 0.2) is 0 Å². The highest BCUT2D eigenvalue weighted by Crippen LogP contribution is 2.04. The van der Waals surface area contributed by atoms with Gasteiger partial charge in [0.05, 0.1) is 12.7 Å². The van der Waals surface area contributed by atoms with Gasteiger partial charge in [0.1, 0.15) is 0 Å². The van der Waals surface area contributed by atoms with E-state index in [4.69, 9.17) is 4.74 Å². The van der Waals surface area contributed by atoms with Crippen molar-refractivity contribution in [3.05, 3.63) is 0 Å². The largest absolute Gasteiger partial charge is 0.466 e. The number of aliphatic hydroxyl groups excluding tert-OH is 1. The second-order valence-corrected chi connectivity index (χ2v) is 5.10. The highest BCUT2D eigenvalue weighted by Gasteiger charge is 2.05. The Morgan fingerprint density at radius 3 is 2.61 bits per heavy atom. The molecular formula is C14H29NO3. The minimum absolute atomic E-state index is 0.0992. The summed E-state index contributed by atoms with van der Waals surface area (Å²) < 4.78 is 4.85. The molecule has 0 aromatic rings. The molecule has 0 saturated carbocycles. The molecule has 4 heteroatoms. The summed E-state index contributed by atoms with van der Waals surface area (Å²) in [6.07, 6.45) is 4.05. The highest BCUT2D eigenvalue weighted by molar-refractivity contribution is 5.69. The number of hydrogen-bond acceptors (Lipinski definition) is 4. The Labute approximate surface area is 111 Å². The molecule has 0 bridgehead atoms. The van der Waals surface area contributed by atoms with E-state index in [2.05, 4.69) is 19.2 Å². The van der Waals surface area contributed by atoms with Gasteiger partial charge >= 0.3 is 5.97 Å². The first-order valence-electron chi connectivity index (χ1n) is 7.10. The van der Waals surface area contributed by atoms with Gasteiger partial charge in [0.25, 0.3) is 0 Å². The van der Waals surface area contributed by atoms with Crippen molar-refractivity contribution >= 4 is 5.97 Å². The van der Waals surface area contributed by atoms with Crippen LogP contribution < -0.4 is 5.32 Å². The molecule has 0 spiro atoms. The molecule has 0 fully saturated rings. The van der Waals surface area contributed by atoms with Crippen molar-refractivity contribution in [2.45, 2.75) is 59.0 Å². The molecule has 0 saturated heterocycles. The number of nitrogens with one attached hydrogen (secondary N) is 1. The van der Waals surface area contributed by atoms with E-state index in [1.807, 2.05) is 6.92 Å². The van der Waals surface area contributed by atoms with E-state index in [0.29, 0.717) is 25.5 Å². The van der Waals surface area contributed by atoms with Crippen molar-refractivity contribution in [3.8, 4) is 0 Å². The van der Waals surface area contributed by atoms with Crippen LogP contribution >= 0.6 is 0 Å². The van der Waals surface area contributed by atoms with Crippen molar-refractivity contribution in [1.29, 1.82) is 0 Å². The molecule has 1 unspecified atom stereocenters. The van der Waals surface area contributed by atoms with Crippen LogP contribution in [-0.2, 0) is 9.53 Å². The zero-order valence-electron chi connectivity index (χ0n) is 12.1. The Morgan fingerprint density at radius 2 is 2.00 bits per heavy atom. The second kappa shape index (κ2) is 11.5. The van der Waals surface area contributed by atoms with Crippen LogP contribution in [0.25, 0.3) is 0 Å². The number of rotatable bonds is 11. The Morgan fingerprint density at radius 1 is 1.28 bits per heavy atom. The predicted molar refractivity (Wildman–Crippen MR) is 73.4 cm³/mol. The maximum atomic E-state index is 11.1. The number of carbonyl (C=O) groups excluding carboxylic acids is 1. The van der Waals surface area contributed by atoms with E-state index in [1.165, 1.54) is 0 Å². The maximum absolute atomic E-state index is 11.1. The van der Waals surface area contributed by atoms with Gasteiger partial charge in [-0.1, -0.05) is 20.3 Å². The predicted octanol–water partition coefficient (Wildman–Crippen LogP) is 2.11. The second-order valence-electron chi connectivity index (χ2n) is 5.10. The average Bonchev–Trinajstić information content (AvgIpc) is 2.27. The van der Waals surface area contributed by atoms with Gasteiger partial charge in [-0.05, 0) is 38.6 Å². The number of unbranched alkanes of at least 4 members (excludes halogenated alkanes) is 2. The molecule has 0 rings (SSSR count). The van der Waals surface area contributed by atoms with Crippen LogP contribution in [0.3, 0.4) is 0 Å². The molecule has 2 N–H and O–H groups in total. The summed E-state index contributed by atoms with van der Waals surface area (Å²) in [6, 6.07) is 0. The van der Waals surface area contributed by atoms with Crippen LogP contribution in [0.4, 0.5) is 0 Å². The Hall–Kier alpha value is -0.610. The van der Waals surface area contributed by atoms with Crippen molar-refractivity contribution in [2.75, 3.05) is 19.7 Å². The smallest absolute Gasteiger partial charge is 0.305 e. The SMILES string of the molecule is CCOC(=O)CCCCCNCC(O)CC(C)C. The third-order valence-electron chi connectivity index (χ3n) is 2.66. The van der Waals surface area contributed by atoms with E-state index in [-0.39, 0.29) is 12.1 Å². The number of hydrogen-bond donors (Lipinski definition) is 2. The van der Waals surface area contributed by atoms with Crippen molar-refractivity contribution in [2.24, 2.45) is 5.92 Å². The standard InChI is InChI=1S/C14H29NO3/c1-4-18-14(17)8-6-5-7-9-15-11-13(16)10-12(2)3/h12-13,15-16H,4-11H2,1-3H3. The lowest BCUT2D eigenvalue weighted by Crippen LogP contribution is -2.28. The summed E-state index contributed by atoms with van der Waals surface area (Å²) in [5.74, 6) is 0.434. The molecule has 4 nitrogen and oxygen atoms in total. The zero-order valence-corrected chi connectivity index (χ0v) is 12.1. The third kappa shape index (κ3) is 11.9. The van der Waals surface area contributed by atoms with Gasteiger partial charge in [-0.25, -0.2) is 0 Å². The van der Waals surface area contributed by atoms with Gasteiger partial charge in [0, 0.05) is 13.0 Å². The molecule has 0 radical (unpaired) electrons. The van der Waals surface area contributed by atoms with Crippen LogP contribution in [0.1, 0.15) is 52.9 Å². The van der Waals surface area contributed by atoms with Gasteiger partial charge in [0.15, 0.2) is 0 Å². The number of ether oxygens (including phenoxy) is 1. The normalized spacial score (nSPS) is 12.7. The summed E-state index contributed by atoms with van der Waals surface area (Å²) in [6.45, 7) is 8.07.